The Morgan fingerprint density at radius 1 is 1.00 bits per heavy atom. The van der Waals surface area contributed by atoms with Gasteiger partial charge >= 0.3 is 0 Å². The number of hydrogen-bond donors (Lipinski definition) is 0. The van der Waals surface area contributed by atoms with Crippen LogP contribution in [0.25, 0.3) is 0 Å². The first kappa shape index (κ1) is 19.1. The molecule has 1 saturated heterocycles. The Hall–Kier alpha value is -3.21. The van der Waals surface area contributed by atoms with E-state index in [-0.39, 0.29) is 5.91 Å². The van der Waals surface area contributed by atoms with Crippen LogP contribution in [-0.4, -0.2) is 30.9 Å². The van der Waals surface area contributed by atoms with Crippen molar-refractivity contribution in [1.82, 2.24) is 4.90 Å². The minimum Gasteiger partial charge on any atom is -0.489 e. The predicted octanol–water partition coefficient (Wildman–Crippen LogP) is 4.73. The van der Waals surface area contributed by atoms with Gasteiger partial charge in [-0.05, 0) is 42.7 Å². The molecule has 0 radical (unpaired) electrons. The Bertz CT molecular complexity index is 946. The summed E-state index contributed by atoms with van der Waals surface area (Å²) in [6, 6.07) is 19.7. The van der Waals surface area contributed by atoms with Crippen LogP contribution in [0.1, 0.15) is 34.5 Å². The van der Waals surface area contributed by atoms with E-state index in [1.807, 2.05) is 43.4 Å². The molecule has 0 saturated carbocycles. The Labute approximate surface area is 171 Å². The number of para-hydroxylation sites is 2. The number of amides is 1. The molecule has 5 heteroatoms. The molecule has 3 aromatic rings. The highest BCUT2D eigenvalue weighted by molar-refractivity contribution is 5.92. The van der Waals surface area contributed by atoms with Crippen LogP contribution in [0.15, 0.2) is 71.3 Å². The smallest absolute Gasteiger partial charge is 0.290 e. The summed E-state index contributed by atoms with van der Waals surface area (Å²) in [6.07, 6.45) is 3.99. The summed E-state index contributed by atoms with van der Waals surface area (Å²) in [4.78, 5) is 17.1. The van der Waals surface area contributed by atoms with Gasteiger partial charge in [-0.2, -0.15) is 0 Å². The van der Waals surface area contributed by atoms with E-state index in [0.717, 1.165) is 30.0 Å². The third kappa shape index (κ3) is 4.45. The summed E-state index contributed by atoms with van der Waals surface area (Å²) in [6.45, 7) is 2.98. The molecule has 29 heavy (non-hydrogen) atoms. The monoisotopic (exact) mass is 390 g/mol. The molecule has 1 amide bonds. The van der Waals surface area contributed by atoms with E-state index in [2.05, 4.69) is 23.1 Å². The molecule has 4 rings (SSSR count). The van der Waals surface area contributed by atoms with Gasteiger partial charge < -0.3 is 19.0 Å². The summed E-state index contributed by atoms with van der Waals surface area (Å²) in [5.74, 6) is 0.958. The summed E-state index contributed by atoms with van der Waals surface area (Å²) in [5, 5.41) is 0. The van der Waals surface area contributed by atoms with Gasteiger partial charge in [-0.15, -0.1) is 0 Å². The van der Waals surface area contributed by atoms with Crippen LogP contribution in [0.2, 0.25) is 0 Å². The van der Waals surface area contributed by atoms with Gasteiger partial charge in [0.05, 0.1) is 6.26 Å². The highest BCUT2D eigenvalue weighted by atomic mass is 16.5. The Morgan fingerprint density at radius 2 is 1.72 bits per heavy atom. The zero-order chi connectivity index (χ0) is 20.1. The van der Waals surface area contributed by atoms with E-state index in [4.69, 9.17) is 9.15 Å². The Morgan fingerprint density at radius 3 is 2.52 bits per heavy atom. The second kappa shape index (κ2) is 8.86. The average molecular weight is 390 g/mol. The maximum atomic E-state index is 13.0. The summed E-state index contributed by atoms with van der Waals surface area (Å²) >= 11 is 0. The number of benzene rings is 2. The van der Waals surface area contributed by atoms with Crippen LogP contribution in [0.3, 0.4) is 0 Å². The zero-order valence-corrected chi connectivity index (χ0v) is 16.7. The van der Waals surface area contributed by atoms with Crippen LogP contribution in [0, 0.1) is 0 Å². The normalized spacial score (nSPS) is 13.5. The van der Waals surface area contributed by atoms with Gasteiger partial charge in [0.15, 0.2) is 5.76 Å². The van der Waals surface area contributed by atoms with Crippen molar-refractivity contribution in [3.8, 4) is 5.75 Å². The number of carbonyl (C=O) groups excluding carboxylic acids is 1. The molecule has 0 bridgehead atoms. The number of anilines is 1. The molecule has 1 aliphatic heterocycles. The van der Waals surface area contributed by atoms with E-state index < -0.39 is 0 Å². The molecule has 2 heterocycles. The number of hydrogen-bond acceptors (Lipinski definition) is 4. The van der Waals surface area contributed by atoms with E-state index in [1.54, 1.807) is 17.2 Å². The molecule has 1 aromatic heterocycles. The van der Waals surface area contributed by atoms with Crippen molar-refractivity contribution in [2.24, 2.45) is 0 Å². The third-order valence-electron chi connectivity index (χ3n) is 5.27. The molecule has 0 N–H and O–H groups in total. The third-order valence-corrected chi connectivity index (χ3v) is 5.27. The molecule has 5 nitrogen and oxygen atoms in total. The van der Waals surface area contributed by atoms with Gasteiger partial charge in [-0.3, -0.25) is 4.79 Å². The van der Waals surface area contributed by atoms with E-state index in [0.29, 0.717) is 18.9 Å². The molecule has 0 aliphatic carbocycles. The standard InChI is InChI=1S/C24H26N2O3/c1-25(17-19-9-5-6-12-22(19)26-14-7-8-15-26)24(27)23-20(13-16-28-23)18-29-21-10-3-2-4-11-21/h2-6,9-13,16H,7-8,14-15,17-18H2,1H3. The molecule has 0 unspecified atom stereocenters. The number of furan rings is 1. The van der Waals surface area contributed by atoms with Crippen molar-refractivity contribution in [3.05, 3.63) is 83.8 Å². The van der Waals surface area contributed by atoms with E-state index in [9.17, 15) is 4.79 Å². The lowest BCUT2D eigenvalue weighted by molar-refractivity contribution is 0.0750. The first-order valence-electron chi connectivity index (χ1n) is 10.0. The van der Waals surface area contributed by atoms with Crippen molar-refractivity contribution < 1.29 is 13.9 Å². The largest absolute Gasteiger partial charge is 0.489 e. The predicted molar refractivity (Wildman–Crippen MR) is 113 cm³/mol. The van der Waals surface area contributed by atoms with Crippen LogP contribution >= 0.6 is 0 Å². The van der Waals surface area contributed by atoms with Crippen molar-refractivity contribution in [1.29, 1.82) is 0 Å². The SMILES string of the molecule is CN(Cc1ccccc1N1CCCC1)C(=O)c1occc1COc1ccccc1. The zero-order valence-electron chi connectivity index (χ0n) is 16.7. The second-order valence-electron chi connectivity index (χ2n) is 7.36. The van der Waals surface area contributed by atoms with Gasteiger partial charge in [0, 0.05) is 37.9 Å². The van der Waals surface area contributed by atoms with Gasteiger partial charge in [0.1, 0.15) is 12.4 Å². The van der Waals surface area contributed by atoms with Crippen LogP contribution in [0.5, 0.6) is 5.75 Å². The lowest BCUT2D eigenvalue weighted by Gasteiger charge is -2.24. The summed E-state index contributed by atoms with van der Waals surface area (Å²) in [7, 11) is 1.81. The van der Waals surface area contributed by atoms with Crippen LogP contribution in [0.4, 0.5) is 5.69 Å². The van der Waals surface area contributed by atoms with E-state index in [1.165, 1.54) is 18.5 Å². The fraction of sp³-hybridized carbons (Fsp3) is 0.292. The molecule has 1 aliphatic rings. The van der Waals surface area contributed by atoms with E-state index >= 15 is 0 Å². The van der Waals surface area contributed by atoms with Crippen LogP contribution in [-0.2, 0) is 13.2 Å². The maximum Gasteiger partial charge on any atom is 0.290 e. The average Bonchev–Trinajstić information content (AvgIpc) is 3.45. The number of carbonyl (C=O) groups is 1. The topological polar surface area (TPSA) is 45.9 Å². The van der Waals surface area contributed by atoms with Crippen molar-refractivity contribution in [3.63, 3.8) is 0 Å². The number of rotatable bonds is 7. The molecule has 1 fully saturated rings. The molecule has 0 spiro atoms. The Balaban J connectivity index is 1.45. The minimum atomic E-state index is -0.141. The van der Waals surface area contributed by atoms with Gasteiger partial charge in [0.25, 0.3) is 5.91 Å². The maximum absolute atomic E-state index is 13.0. The van der Waals surface area contributed by atoms with Crippen molar-refractivity contribution in [2.45, 2.75) is 26.0 Å². The molecule has 150 valence electrons. The molecule has 2 aromatic carbocycles. The lowest BCUT2D eigenvalue weighted by Crippen LogP contribution is -2.28. The van der Waals surface area contributed by atoms with Gasteiger partial charge in [-0.25, -0.2) is 0 Å². The van der Waals surface area contributed by atoms with Crippen LogP contribution < -0.4 is 9.64 Å². The molecular formula is C24H26N2O3. The highest BCUT2D eigenvalue weighted by Gasteiger charge is 2.22. The van der Waals surface area contributed by atoms with Crippen molar-refractivity contribution >= 4 is 11.6 Å². The fourth-order valence-corrected chi connectivity index (χ4v) is 3.73. The quantitative estimate of drug-likeness (QED) is 0.585. The molecular weight excluding hydrogens is 364 g/mol. The van der Waals surface area contributed by atoms with Crippen molar-refractivity contribution in [2.75, 3.05) is 25.0 Å². The highest BCUT2D eigenvalue weighted by Crippen LogP contribution is 2.26. The second-order valence-corrected chi connectivity index (χ2v) is 7.36. The van der Waals surface area contributed by atoms with Gasteiger partial charge in [0.2, 0.25) is 0 Å². The van der Waals surface area contributed by atoms with Gasteiger partial charge in [-0.1, -0.05) is 36.4 Å². The Kier molecular flexibility index (Phi) is 5.84. The lowest BCUT2D eigenvalue weighted by atomic mass is 10.1. The summed E-state index contributed by atoms with van der Waals surface area (Å²) in [5.41, 5.74) is 3.12. The first-order chi connectivity index (χ1) is 14.2. The first-order valence-corrected chi connectivity index (χ1v) is 10.0. The summed E-state index contributed by atoms with van der Waals surface area (Å²) < 4.78 is 11.3. The molecule has 0 atom stereocenters. The number of ether oxygens (including phenoxy) is 1. The number of nitrogens with zero attached hydrogens (tertiary/aromatic N) is 2. The fourth-order valence-electron chi connectivity index (χ4n) is 3.73. The minimum absolute atomic E-state index is 0.141.